The van der Waals surface area contributed by atoms with Crippen LogP contribution in [0, 0.1) is 0 Å². The highest BCUT2D eigenvalue weighted by Gasteiger charge is 2.17. The molecule has 0 saturated heterocycles. The van der Waals surface area contributed by atoms with Gasteiger partial charge in [0, 0.05) is 33.6 Å². The number of thiophene rings is 1. The van der Waals surface area contributed by atoms with E-state index in [9.17, 15) is 9.59 Å². The zero-order valence-electron chi connectivity index (χ0n) is 13.7. The molecule has 2 aromatic heterocycles. The number of hydrogen-bond acceptors (Lipinski definition) is 4. The monoisotopic (exact) mass is 365 g/mol. The van der Waals surface area contributed by atoms with Gasteiger partial charge in [0.05, 0.1) is 11.9 Å². The molecule has 1 aliphatic heterocycles. The molecule has 26 heavy (non-hydrogen) atoms. The molecule has 1 aliphatic rings. The number of nitrogens with zero attached hydrogens (tertiary/aromatic N) is 1. The molecule has 0 atom stereocenters. The second-order valence-corrected chi connectivity index (χ2v) is 7.02. The van der Waals surface area contributed by atoms with Gasteiger partial charge < -0.3 is 10.4 Å². The Morgan fingerprint density at radius 2 is 1.92 bits per heavy atom. The molecule has 3 N–H and O–H groups in total. The van der Waals surface area contributed by atoms with Gasteiger partial charge in [-0.25, -0.2) is 4.79 Å². The van der Waals surface area contributed by atoms with E-state index in [1.54, 1.807) is 23.6 Å². The van der Waals surface area contributed by atoms with Crippen LogP contribution in [-0.2, 0) is 6.42 Å². The van der Waals surface area contributed by atoms with Gasteiger partial charge in [0.1, 0.15) is 0 Å². The number of anilines is 1. The predicted molar refractivity (Wildman–Crippen MR) is 101 cm³/mol. The summed E-state index contributed by atoms with van der Waals surface area (Å²) in [5.74, 6) is -0.0264. The Balaban J connectivity index is 1.66. The van der Waals surface area contributed by atoms with E-state index >= 15 is 0 Å². The first-order valence-electron chi connectivity index (χ1n) is 8.07. The highest BCUT2D eigenvalue weighted by Crippen LogP contribution is 2.35. The molecule has 1 aromatic carbocycles. The Kier molecular flexibility index (Phi) is 4.14. The lowest BCUT2D eigenvalue weighted by molar-refractivity contribution is 0.0946. The van der Waals surface area contributed by atoms with Crippen LogP contribution < -0.4 is 10.6 Å². The summed E-state index contributed by atoms with van der Waals surface area (Å²) < 4.78 is 0. The lowest BCUT2D eigenvalue weighted by Gasteiger charge is -2.16. The molecule has 0 saturated carbocycles. The Bertz CT molecular complexity index is 1010. The SMILES string of the molecule is O=C(O)Nc1cncc(-c2ccc(-c3ccc4c(c3)C(=O)NCC4)s2)c1. The molecular weight excluding hydrogens is 350 g/mol. The van der Waals surface area contributed by atoms with Crippen LogP contribution in [0.1, 0.15) is 15.9 Å². The van der Waals surface area contributed by atoms with Crippen LogP contribution in [-0.4, -0.2) is 28.6 Å². The first-order chi connectivity index (χ1) is 12.6. The molecule has 0 unspecified atom stereocenters. The number of benzene rings is 1. The summed E-state index contributed by atoms with van der Waals surface area (Å²) in [6.07, 6.45) is 2.90. The van der Waals surface area contributed by atoms with Crippen molar-refractivity contribution in [1.29, 1.82) is 0 Å². The standard InChI is InChI=1S/C19H15N3O3S/c23-18-15-8-12(2-1-11(15)5-6-21-18)16-3-4-17(26-16)13-7-14(10-20-9-13)22-19(24)25/h1-4,7-10,22H,5-6H2,(H,21,23)(H,24,25). The van der Waals surface area contributed by atoms with Crippen molar-refractivity contribution in [3.8, 4) is 20.9 Å². The summed E-state index contributed by atoms with van der Waals surface area (Å²) in [6, 6.07) is 11.7. The number of hydrogen-bond donors (Lipinski definition) is 3. The number of aromatic nitrogens is 1. The third-order valence-electron chi connectivity index (χ3n) is 4.20. The van der Waals surface area contributed by atoms with Crippen molar-refractivity contribution in [2.45, 2.75) is 6.42 Å². The third kappa shape index (κ3) is 3.16. The fourth-order valence-corrected chi connectivity index (χ4v) is 3.96. The minimum atomic E-state index is -1.12. The van der Waals surface area contributed by atoms with Crippen molar-refractivity contribution in [2.75, 3.05) is 11.9 Å². The van der Waals surface area contributed by atoms with E-state index in [0.717, 1.165) is 38.4 Å². The molecule has 0 spiro atoms. The van der Waals surface area contributed by atoms with E-state index in [1.165, 1.54) is 6.20 Å². The smallest absolute Gasteiger partial charge is 0.409 e. The van der Waals surface area contributed by atoms with Gasteiger partial charge in [0.15, 0.2) is 0 Å². The van der Waals surface area contributed by atoms with E-state index < -0.39 is 6.09 Å². The van der Waals surface area contributed by atoms with Crippen molar-refractivity contribution in [3.63, 3.8) is 0 Å². The highest BCUT2D eigenvalue weighted by atomic mass is 32.1. The van der Waals surface area contributed by atoms with Crippen molar-refractivity contribution < 1.29 is 14.7 Å². The Morgan fingerprint density at radius 1 is 1.12 bits per heavy atom. The van der Waals surface area contributed by atoms with Gasteiger partial charge in [-0.3, -0.25) is 15.1 Å². The van der Waals surface area contributed by atoms with Crippen LogP contribution in [0.25, 0.3) is 20.9 Å². The summed E-state index contributed by atoms with van der Waals surface area (Å²) in [6.45, 7) is 0.683. The minimum absolute atomic E-state index is 0.0264. The van der Waals surface area contributed by atoms with Crippen molar-refractivity contribution in [2.24, 2.45) is 0 Å². The summed E-state index contributed by atoms with van der Waals surface area (Å²) in [5.41, 5.74) is 4.06. The fourth-order valence-electron chi connectivity index (χ4n) is 2.98. The first kappa shape index (κ1) is 16.3. The third-order valence-corrected chi connectivity index (χ3v) is 5.38. The summed E-state index contributed by atoms with van der Waals surface area (Å²) >= 11 is 1.57. The van der Waals surface area contributed by atoms with Crippen molar-refractivity contribution in [3.05, 3.63) is 59.9 Å². The van der Waals surface area contributed by atoms with E-state index in [1.807, 2.05) is 30.3 Å². The molecule has 6 nitrogen and oxygen atoms in total. The maximum atomic E-state index is 12.1. The molecular formula is C19H15N3O3S. The van der Waals surface area contributed by atoms with Crippen LogP contribution >= 0.6 is 11.3 Å². The van der Waals surface area contributed by atoms with E-state index in [4.69, 9.17) is 5.11 Å². The number of nitrogens with one attached hydrogen (secondary N) is 2. The van der Waals surface area contributed by atoms with Crippen LogP contribution in [0.5, 0.6) is 0 Å². The Hall–Kier alpha value is -3.19. The number of carboxylic acid groups (broad SMARTS) is 1. The van der Waals surface area contributed by atoms with E-state index in [0.29, 0.717) is 12.2 Å². The van der Waals surface area contributed by atoms with Crippen molar-refractivity contribution >= 4 is 29.0 Å². The zero-order valence-corrected chi connectivity index (χ0v) is 14.5. The molecule has 0 bridgehead atoms. The molecule has 3 aromatic rings. The number of carbonyl (C=O) groups excluding carboxylic acids is 1. The summed E-state index contributed by atoms with van der Waals surface area (Å²) in [5, 5.41) is 14.0. The molecule has 3 heterocycles. The normalized spacial score (nSPS) is 13.0. The van der Waals surface area contributed by atoms with E-state index in [2.05, 4.69) is 15.6 Å². The number of amides is 2. The van der Waals surface area contributed by atoms with Crippen LogP contribution in [0.4, 0.5) is 10.5 Å². The van der Waals surface area contributed by atoms with Crippen LogP contribution in [0.2, 0.25) is 0 Å². The number of carbonyl (C=O) groups is 2. The first-order valence-corrected chi connectivity index (χ1v) is 8.88. The lowest BCUT2D eigenvalue weighted by Crippen LogP contribution is -2.31. The maximum absolute atomic E-state index is 12.1. The molecule has 4 rings (SSSR count). The summed E-state index contributed by atoms with van der Waals surface area (Å²) in [7, 11) is 0. The molecule has 2 amide bonds. The second-order valence-electron chi connectivity index (χ2n) is 5.93. The second kappa shape index (κ2) is 6.61. The predicted octanol–water partition coefficient (Wildman–Crippen LogP) is 3.85. The van der Waals surface area contributed by atoms with Gasteiger partial charge in [-0.1, -0.05) is 12.1 Å². The Morgan fingerprint density at radius 3 is 2.73 bits per heavy atom. The van der Waals surface area contributed by atoms with Crippen LogP contribution in [0.15, 0.2) is 48.8 Å². The number of pyridine rings is 1. The summed E-state index contributed by atoms with van der Waals surface area (Å²) in [4.78, 5) is 28.9. The number of rotatable bonds is 3. The van der Waals surface area contributed by atoms with Gasteiger partial charge >= 0.3 is 6.09 Å². The average molecular weight is 365 g/mol. The highest BCUT2D eigenvalue weighted by molar-refractivity contribution is 7.18. The molecule has 7 heteroatoms. The van der Waals surface area contributed by atoms with Gasteiger partial charge in [0.2, 0.25) is 0 Å². The number of fused-ring (bicyclic) bond motifs is 1. The Labute approximate surface area is 153 Å². The van der Waals surface area contributed by atoms with Crippen molar-refractivity contribution in [1.82, 2.24) is 10.3 Å². The van der Waals surface area contributed by atoms with E-state index in [-0.39, 0.29) is 5.91 Å². The fraction of sp³-hybridized carbons (Fsp3) is 0.105. The van der Waals surface area contributed by atoms with Gasteiger partial charge in [-0.15, -0.1) is 11.3 Å². The lowest BCUT2D eigenvalue weighted by atomic mass is 9.97. The maximum Gasteiger partial charge on any atom is 0.409 e. The topological polar surface area (TPSA) is 91.3 Å². The quantitative estimate of drug-likeness (QED) is 0.657. The average Bonchev–Trinajstić information content (AvgIpc) is 3.12. The van der Waals surface area contributed by atoms with Gasteiger partial charge in [-0.2, -0.15) is 0 Å². The largest absolute Gasteiger partial charge is 0.465 e. The van der Waals surface area contributed by atoms with Gasteiger partial charge in [0.25, 0.3) is 5.91 Å². The molecule has 0 radical (unpaired) electrons. The van der Waals surface area contributed by atoms with Gasteiger partial charge in [-0.05, 0) is 41.8 Å². The molecule has 0 fully saturated rings. The molecule has 130 valence electrons. The zero-order chi connectivity index (χ0) is 18.1. The molecule has 0 aliphatic carbocycles. The van der Waals surface area contributed by atoms with Crippen LogP contribution in [0.3, 0.4) is 0 Å². The minimum Gasteiger partial charge on any atom is -0.465 e.